The predicted molar refractivity (Wildman–Crippen MR) is 86.1 cm³/mol. The molecule has 1 aliphatic carbocycles. The van der Waals surface area contributed by atoms with Crippen molar-refractivity contribution >= 4 is 12.0 Å². The van der Waals surface area contributed by atoms with Crippen LogP contribution in [0.25, 0.3) is 6.08 Å². The van der Waals surface area contributed by atoms with Crippen LogP contribution in [0.5, 0.6) is 11.5 Å². The molecule has 4 heteroatoms. The van der Waals surface area contributed by atoms with Gasteiger partial charge >= 0.3 is 0 Å². The summed E-state index contributed by atoms with van der Waals surface area (Å²) in [6, 6.07) is 5.94. The number of amides is 1. The molecule has 1 aromatic rings. The molecule has 1 saturated carbocycles. The number of fused-ring (bicyclic) bond motifs is 1. The summed E-state index contributed by atoms with van der Waals surface area (Å²) in [5.74, 6) is 2.10. The second kappa shape index (κ2) is 7.34. The maximum Gasteiger partial charge on any atom is 0.223 e. The molecule has 22 heavy (non-hydrogen) atoms. The number of ether oxygens (including phenoxy) is 2. The lowest BCUT2D eigenvalue weighted by atomic mass is 10.1. The summed E-state index contributed by atoms with van der Waals surface area (Å²) in [6.07, 6.45) is 9.48. The summed E-state index contributed by atoms with van der Waals surface area (Å²) in [4.78, 5) is 11.9. The van der Waals surface area contributed by atoms with Crippen LogP contribution in [0, 0.1) is 5.92 Å². The number of hydrogen-bond donors (Lipinski definition) is 1. The Bertz CT molecular complexity index is 547. The molecule has 1 N–H and O–H groups in total. The zero-order valence-electron chi connectivity index (χ0n) is 12.8. The minimum Gasteiger partial charge on any atom is -0.486 e. The summed E-state index contributed by atoms with van der Waals surface area (Å²) in [7, 11) is 0. The lowest BCUT2D eigenvalue weighted by molar-refractivity contribution is -0.124. The van der Waals surface area contributed by atoms with Gasteiger partial charge in [-0.15, -0.1) is 0 Å². The van der Waals surface area contributed by atoms with Gasteiger partial charge in [-0.3, -0.25) is 4.79 Å². The van der Waals surface area contributed by atoms with Crippen molar-refractivity contribution in [2.45, 2.75) is 32.1 Å². The highest BCUT2D eigenvalue weighted by atomic mass is 16.6. The first-order valence-corrected chi connectivity index (χ1v) is 8.17. The quantitative estimate of drug-likeness (QED) is 0.850. The summed E-state index contributed by atoms with van der Waals surface area (Å²) < 4.78 is 11.1. The number of hydrogen-bond acceptors (Lipinski definition) is 3. The highest BCUT2D eigenvalue weighted by Crippen LogP contribution is 2.31. The van der Waals surface area contributed by atoms with E-state index >= 15 is 0 Å². The normalized spacial score (nSPS) is 17.8. The van der Waals surface area contributed by atoms with Gasteiger partial charge < -0.3 is 14.8 Å². The lowest BCUT2D eigenvalue weighted by Gasteiger charge is -2.18. The van der Waals surface area contributed by atoms with Crippen molar-refractivity contribution in [3.8, 4) is 11.5 Å². The van der Waals surface area contributed by atoms with E-state index in [1.165, 1.54) is 12.8 Å². The van der Waals surface area contributed by atoms with E-state index in [1.54, 1.807) is 0 Å². The third-order valence-electron chi connectivity index (χ3n) is 4.21. The molecule has 0 aromatic heterocycles. The van der Waals surface area contributed by atoms with Crippen LogP contribution in [0.4, 0.5) is 0 Å². The minimum atomic E-state index is 0.227. The molecular formula is C18H23NO3. The van der Waals surface area contributed by atoms with Gasteiger partial charge in [0.2, 0.25) is 5.91 Å². The van der Waals surface area contributed by atoms with Crippen LogP contribution in [0.2, 0.25) is 0 Å². The Labute approximate surface area is 131 Å². The summed E-state index contributed by atoms with van der Waals surface area (Å²) in [5, 5.41) is 3.03. The van der Waals surface area contributed by atoms with Crippen molar-refractivity contribution in [3.05, 3.63) is 29.8 Å². The Kier molecular flexibility index (Phi) is 4.99. The second-order valence-corrected chi connectivity index (χ2v) is 5.87. The van der Waals surface area contributed by atoms with Crippen LogP contribution in [0.3, 0.4) is 0 Å². The van der Waals surface area contributed by atoms with E-state index in [1.807, 2.05) is 18.2 Å². The van der Waals surface area contributed by atoms with E-state index in [-0.39, 0.29) is 11.8 Å². The highest BCUT2D eigenvalue weighted by molar-refractivity contribution is 5.78. The standard InChI is InChI=1S/C18H23NO3/c20-18(15-6-1-2-7-15)19-10-4-3-5-14-8-9-16-17(13-14)22-12-11-21-16/h3,5,8-9,13,15H,1-2,4,6-7,10-12H2,(H,19,20)/b5-3+. The van der Waals surface area contributed by atoms with Crippen LogP contribution >= 0.6 is 0 Å². The van der Waals surface area contributed by atoms with Gasteiger partial charge in [0, 0.05) is 12.5 Å². The maximum atomic E-state index is 11.9. The van der Waals surface area contributed by atoms with E-state index in [4.69, 9.17) is 9.47 Å². The average molecular weight is 301 g/mol. The van der Waals surface area contributed by atoms with Gasteiger partial charge in [-0.25, -0.2) is 0 Å². The van der Waals surface area contributed by atoms with Crippen molar-refractivity contribution < 1.29 is 14.3 Å². The Hall–Kier alpha value is -1.97. The average Bonchev–Trinajstić information content (AvgIpc) is 3.09. The smallest absolute Gasteiger partial charge is 0.223 e. The number of nitrogens with one attached hydrogen (secondary N) is 1. The molecule has 0 saturated heterocycles. The van der Waals surface area contributed by atoms with Crippen LogP contribution in [-0.4, -0.2) is 25.7 Å². The molecule has 0 bridgehead atoms. The molecule has 3 rings (SSSR count). The molecular weight excluding hydrogens is 278 g/mol. The van der Waals surface area contributed by atoms with E-state index in [0.717, 1.165) is 36.3 Å². The Balaban J connectivity index is 1.43. The number of benzene rings is 1. The first-order valence-electron chi connectivity index (χ1n) is 8.17. The van der Waals surface area contributed by atoms with Crippen molar-refractivity contribution in [1.29, 1.82) is 0 Å². The predicted octanol–water partition coefficient (Wildman–Crippen LogP) is 3.17. The van der Waals surface area contributed by atoms with Crippen molar-refractivity contribution in [2.75, 3.05) is 19.8 Å². The fourth-order valence-corrected chi connectivity index (χ4v) is 2.99. The van der Waals surface area contributed by atoms with Crippen molar-refractivity contribution in [3.63, 3.8) is 0 Å². The monoisotopic (exact) mass is 301 g/mol. The molecule has 0 atom stereocenters. The number of rotatable bonds is 5. The SMILES string of the molecule is O=C(NCC/C=C/c1ccc2c(c1)OCCO2)C1CCCC1. The van der Waals surface area contributed by atoms with E-state index in [2.05, 4.69) is 17.5 Å². The van der Waals surface area contributed by atoms with Gasteiger partial charge in [0.15, 0.2) is 11.5 Å². The first-order chi connectivity index (χ1) is 10.8. The molecule has 1 aliphatic heterocycles. The number of carbonyl (C=O) groups is 1. The Morgan fingerprint density at radius 1 is 1.18 bits per heavy atom. The topological polar surface area (TPSA) is 47.6 Å². The van der Waals surface area contributed by atoms with Gasteiger partial charge in [0.05, 0.1) is 0 Å². The first kappa shape index (κ1) is 14.9. The molecule has 1 aromatic carbocycles. The van der Waals surface area contributed by atoms with Crippen LogP contribution < -0.4 is 14.8 Å². The van der Waals surface area contributed by atoms with Gasteiger partial charge in [0.25, 0.3) is 0 Å². The third-order valence-corrected chi connectivity index (χ3v) is 4.21. The van der Waals surface area contributed by atoms with Crippen molar-refractivity contribution in [2.24, 2.45) is 5.92 Å². The highest BCUT2D eigenvalue weighted by Gasteiger charge is 2.21. The molecule has 4 nitrogen and oxygen atoms in total. The molecule has 0 spiro atoms. The zero-order chi connectivity index (χ0) is 15.2. The van der Waals surface area contributed by atoms with E-state index in [9.17, 15) is 4.79 Å². The molecule has 1 fully saturated rings. The van der Waals surface area contributed by atoms with Gasteiger partial charge in [-0.05, 0) is 37.0 Å². The largest absolute Gasteiger partial charge is 0.486 e. The fourth-order valence-electron chi connectivity index (χ4n) is 2.99. The zero-order valence-corrected chi connectivity index (χ0v) is 12.8. The minimum absolute atomic E-state index is 0.227. The van der Waals surface area contributed by atoms with Crippen LogP contribution in [-0.2, 0) is 4.79 Å². The molecule has 1 heterocycles. The van der Waals surface area contributed by atoms with Gasteiger partial charge in [0.1, 0.15) is 13.2 Å². The second-order valence-electron chi connectivity index (χ2n) is 5.87. The number of carbonyl (C=O) groups excluding carboxylic acids is 1. The Morgan fingerprint density at radius 2 is 1.95 bits per heavy atom. The molecule has 1 amide bonds. The lowest BCUT2D eigenvalue weighted by Crippen LogP contribution is -2.29. The molecule has 118 valence electrons. The van der Waals surface area contributed by atoms with Crippen molar-refractivity contribution in [1.82, 2.24) is 5.32 Å². The van der Waals surface area contributed by atoms with E-state index < -0.39 is 0 Å². The Morgan fingerprint density at radius 3 is 2.77 bits per heavy atom. The molecule has 2 aliphatic rings. The fraction of sp³-hybridized carbons (Fsp3) is 0.500. The summed E-state index contributed by atoms with van der Waals surface area (Å²) >= 11 is 0. The maximum absolute atomic E-state index is 11.9. The summed E-state index contributed by atoms with van der Waals surface area (Å²) in [6.45, 7) is 1.92. The molecule has 0 unspecified atom stereocenters. The third kappa shape index (κ3) is 3.81. The van der Waals surface area contributed by atoms with Gasteiger partial charge in [-0.2, -0.15) is 0 Å². The summed E-state index contributed by atoms with van der Waals surface area (Å²) in [5.41, 5.74) is 1.09. The van der Waals surface area contributed by atoms with E-state index in [0.29, 0.717) is 19.8 Å². The van der Waals surface area contributed by atoms with Crippen LogP contribution in [0.15, 0.2) is 24.3 Å². The van der Waals surface area contributed by atoms with Crippen LogP contribution in [0.1, 0.15) is 37.7 Å². The molecule has 0 radical (unpaired) electrons. The van der Waals surface area contributed by atoms with Gasteiger partial charge in [-0.1, -0.05) is 31.1 Å².